The minimum absolute atomic E-state index is 0.0219. The SMILES string of the molecule is CCOCCCN1C(=O)C(C(C)CC)NC(=O)C1C(C)C. The lowest BCUT2D eigenvalue weighted by Gasteiger charge is -2.42. The second-order valence-electron chi connectivity index (χ2n) is 6.14. The Morgan fingerprint density at radius 2 is 1.90 bits per heavy atom. The zero-order valence-electron chi connectivity index (χ0n) is 14.0. The van der Waals surface area contributed by atoms with Crippen LogP contribution in [0.25, 0.3) is 0 Å². The van der Waals surface area contributed by atoms with Crippen LogP contribution in [0.15, 0.2) is 0 Å². The van der Waals surface area contributed by atoms with Crippen molar-refractivity contribution >= 4 is 11.8 Å². The number of rotatable bonds is 8. The van der Waals surface area contributed by atoms with Crippen LogP contribution in [-0.2, 0) is 14.3 Å². The molecule has 1 saturated heterocycles. The summed E-state index contributed by atoms with van der Waals surface area (Å²) in [6.45, 7) is 11.9. The quantitative estimate of drug-likeness (QED) is 0.695. The average molecular weight is 298 g/mol. The first-order chi connectivity index (χ1) is 9.93. The lowest BCUT2D eigenvalue weighted by atomic mass is 9.91. The number of hydrogen-bond donors (Lipinski definition) is 1. The van der Waals surface area contributed by atoms with Crippen LogP contribution in [0.1, 0.15) is 47.5 Å². The third-order valence-electron chi connectivity index (χ3n) is 4.19. The van der Waals surface area contributed by atoms with Gasteiger partial charge in [0.05, 0.1) is 0 Å². The smallest absolute Gasteiger partial charge is 0.246 e. The zero-order chi connectivity index (χ0) is 16.0. The number of hydrogen-bond acceptors (Lipinski definition) is 3. The van der Waals surface area contributed by atoms with Gasteiger partial charge in [0, 0.05) is 19.8 Å². The Hall–Kier alpha value is -1.10. The number of carbonyl (C=O) groups excluding carboxylic acids is 2. The predicted octanol–water partition coefficient (Wildman–Crippen LogP) is 1.81. The Bertz CT molecular complexity index is 357. The van der Waals surface area contributed by atoms with E-state index in [4.69, 9.17) is 4.74 Å². The van der Waals surface area contributed by atoms with E-state index in [1.807, 2.05) is 34.6 Å². The van der Waals surface area contributed by atoms with E-state index < -0.39 is 0 Å². The molecule has 1 aliphatic heterocycles. The summed E-state index contributed by atoms with van der Waals surface area (Å²) < 4.78 is 5.34. The summed E-state index contributed by atoms with van der Waals surface area (Å²) in [5.74, 6) is 0.299. The van der Waals surface area contributed by atoms with Crippen molar-refractivity contribution in [3.8, 4) is 0 Å². The van der Waals surface area contributed by atoms with Crippen molar-refractivity contribution < 1.29 is 14.3 Å². The first kappa shape index (κ1) is 18.0. The van der Waals surface area contributed by atoms with E-state index in [1.165, 1.54) is 0 Å². The summed E-state index contributed by atoms with van der Waals surface area (Å²) in [5, 5.41) is 2.92. The maximum atomic E-state index is 12.7. The summed E-state index contributed by atoms with van der Waals surface area (Å²) >= 11 is 0. The lowest BCUT2D eigenvalue weighted by molar-refractivity contribution is -0.152. The van der Waals surface area contributed by atoms with Crippen LogP contribution in [0, 0.1) is 11.8 Å². The predicted molar refractivity (Wildman–Crippen MR) is 82.8 cm³/mol. The first-order valence-corrected chi connectivity index (χ1v) is 8.12. The highest BCUT2D eigenvalue weighted by Crippen LogP contribution is 2.22. The third-order valence-corrected chi connectivity index (χ3v) is 4.19. The van der Waals surface area contributed by atoms with Gasteiger partial charge in [0.15, 0.2) is 0 Å². The van der Waals surface area contributed by atoms with Gasteiger partial charge in [0.25, 0.3) is 0 Å². The van der Waals surface area contributed by atoms with Crippen LogP contribution < -0.4 is 5.32 Å². The van der Waals surface area contributed by atoms with E-state index in [0.29, 0.717) is 19.8 Å². The van der Waals surface area contributed by atoms with Crippen LogP contribution in [0.3, 0.4) is 0 Å². The van der Waals surface area contributed by atoms with Gasteiger partial charge < -0.3 is 15.0 Å². The fraction of sp³-hybridized carbons (Fsp3) is 0.875. The van der Waals surface area contributed by atoms with E-state index in [0.717, 1.165) is 12.8 Å². The van der Waals surface area contributed by atoms with Crippen LogP contribution in [0.5, 0.6) is 0 Å². The number of ether oxygens (including phenoxy) is 1. The molecule has 0 bridgehead atoms. The van der Waals surface area contributed by atoms with Crippen molar-refractivity contribution in [1.29, 1.82) is 0 Å². The molecule has 5 nitrogen and oxygen atoms in total. The van der Waals surface area contributed by atoms with E-state index in [1.54, 1.807) is 4.90 Å². The second-order valence-corrected chi connectivity index (χ2v) is 6.14. The van der Waals surface area contributed by atoms with Crippen LogP contribution in [-0.4, -0.2) is 48.6 Å². The molecule has 2 amide bonds. The molecule has 5 heteroatoms. The minimum atomic E-state index is -0.385. The lowest BCUT2D eigenvalue weighted by Crippen LogP contribution is -2.66. The van der Waals surface area contributed by atoms with Gasteiger partial charge in [-0.05, 0) is 25.2 Å². The van der Waals surface area contributed by atoms with Gasteiger partial charge in [-0.1, -0.05) is 34.1 Å². The molecule has 0 aromatic rings. The molecule has 3 atom stereocenters. The molecule has 1 fully saturated rings. The molecule has 0 saturated carbocycles. The van der Waals surface area contributed by atoms with Gasteiger partial charge in [-0.15, -0.1) is 0 Å². The van der Waals surface area contributed by atoms with Crippen molar-refractivity contribution in [2.45, 2.75) is 59.5 Å². The zero-order valence-corrected chi connectivity index (χ0v) is 14.0. The third kappa shape index (κ3) is 4.43. The summed E-state index contributed by atoms with van der Waals surface area (Å²) in [7, 11) is 0. The molecule has 0 spiro atoms. The fourth-order valence-corrected chi connectivity index (χ4v) is 2.77. The monoisotopic (exact) mass is 298 g/mol. The molecule has 1 rings (SSSR count). The fourth-order valence-electron chi connectivity index (χ4n) is 2.77. The van der Waals surface area contributed by atoms with Gasteiger partial charge in [-0.25, -0.2) is 0 Å². The largest absolute Gasteiger partial charge is 0.382 e. The highest BCUT2D eigenvalue weighted by atomic mass is 16.5. The molecule has 0 radical (unpaired) electrons. The number of amides is 2. The molecule has 21 heavy (non-hydrogen) atoms. The molecule has 1 N–H and O–H groups in total. The molecule has 3 unspecified atom stereocenters. The highest BCUT2D eigenvalue weighted by molar-refractivity contribution is 5.97. The van der Waals surface area contributed by atoms with Crippen molar-refractivity contribution in [1.82, 2.24) is 10.2 Å². The Morgan fingerprint density at radius 1 is 1.24 bits per heavy atom. The number of nitrogens with zero attached hydrogens (tertiary/aromatic N) is 1. The van der Waals surface area contributed by atoms with Gasteiger partial charge in [0.2, 0.25) is 11.8 Å². The highest BCUT2D eigenvalue weighted by Gasteiger charge is 2.42. The normalized spacial score (nSPS) is 24.4. The number of piperazine rings is 1. The van der Waals surface area contributed by atoms with E-state index >= 15 is 0 Å². The maximum absolute atomic E-state index is 12.7. The Kier molecular flexibility index (Phi) is 7.15. The molecular weight excluding hydrogens is 268 g/mol. The molecule has 122 valence electrons. The molecule has 1 aliphatic rings. The van der Waals surface area contributed by atoms with E-state index in [-0.39, 0.29) is 35.7 Å². The van der Waals surface area contributed by atoms with E-state index in [2.05, 4.69) is 5.32 Å². The van der Waals surface area contributed by atoms with Gasteiger partial charge >= 0.3 is 0 Å². The minimum Gasteiger partial charge on any atom is -0.382 e. The second kappa shape index (κ2) is 8.37. The van der Waals surface area contributed by atoms with Crippen molar-refractivity contribution in [3.63, 3.8) is 0 Å². The van der Waals surface area contributed by atoms with Gasteiger partial charge in [-0.2, -0.15) is 0 Å². The van der Waals surface area contributed by atoms with Crippen molar-refractivity contribution in [3.05, 3.63) is 0 Å². The van der Waals surface area contributed by atoms with Gasteiger partial charge in [-0.3, -0.25) is 9.59 Å². The molecule has 0 aliphatic carbocycles. The molecular formula is C16H30N2O3. The van der Waals surface area contributed by atoms with Crippen molar-refractivity contribution in [2.24, 2.45) is 11.8 Å². The average Bonchev–Trinajstić information content (AvgIpc) is 2.45. The topological polar surface area (TPSA) is 58.6 Å². The number of carbonyl (C=O) groups is 2. The van der Waals surface area contributed by atoms with Crippen LogP contribution in [0.4, 0.5) is 0 Å². The Labute approximate surface area is 128 Å². The molecule has 0 aromatic carbocycles. The van der Waals surface area contributed by atoms with Crippen molar-refractivity contribution in [2.75, 3.05) is 19.8 Å². The molecule has 1 heterocycles. The first-order valence-electron chi connectivity index (χ1n) is 8.12. The summed E-state index contributed by atoms with van der Waals surface area (Å²) in [5.41, 5.74) is 0. The Morgan fingerprint density at radius 3 is 2.43 bits per heavy atom. The summed E-state index contributed by atoms with van der Waals surface area (Å²) in [4.78, 5) is 26.9. The standard InChI is InChI=1S/C16H30N2O3/c1-6-12(5)13-16(20)18(9-8-10-21-7-2)14(11(3)4)15(19)17-13/h11-14H,6-10H2,1-5H3,(H,17,19). The van der Waals surface area contributed by atoms with Gasteiger partial charge in [0.1, 0.15) is 12.1 Å². The number of nitrogens with one attached hydrogen (secondary N) is 1. The van der Waals surface area contributed by atoms with Crippen LogP contribution >= 0.6 is 0 Å². The summed E-state index contributed by atoms with van der Waals surface area (Å²) in [6.07, 6.45) is 1.64. The van der Waals surface area contributed by atoms with Crippen LogP contribution in [0.2, 0.25) is 0 Å². The maximum Gasteiger partial charge on any atom is 0.246 e. The summed E-state index contributed by atoms with van der Waals surface area (Å²) in [6, 6.07) is -0.746. The Balaban J connectivity index is 2.82. The molecule has 0 aromatic heterocycles. The van der Waals surface area contributed by atoms with E-state index in [9.17, 15) is 9.59 Å².